The molecule has 0 atom stereocenters. The first-order valence-electron chi connectivity index (χ1n) is 7.64. The van der Waals surface area contributed by atoms with Gasteiger partial charge in [0.25, 0.3) is 0 Å². The third kappa shape index (κ3) is 3.50. The van der Waals surface area contributed by atoms with Gasteiger partial charge in [0.2, 0.25) is 12.7 Å². The molecule has 0 unspecified atom stereocenters. The Balaban J connectivity index is 1.81. The summed E-state index contributed by atoms with van der Waals surface area (Å²) >= 11 is 0. The fraction of sp³-hybridized carbons (Fsp3) is 0.389. The van der Waals surface area contributed by atoms with Gasteiger partial charge in [-0.1, -0.05) is 26.8 Å². The molecule has 1 aliphatic heterocycles. The molecular weight excluding hydrogens is 294 g/mol. The number of furan rings is 1. The van der Waals surface area contributed by atoms with Crippen LogP contribution in [0.25, 0.3) is 0 Å². The van der Waals surface area contributed by atoms with E-state index in [0.717, 1.165) is 22.8 Å². The van der Waals surface area contributed by atoms with Gasteiger partial charge in [-0.15, -0.1) is 0 Å². The van der Waals surface area contributed by atoms with Crippen LogP contribution in [0.3, 0.4) is 0 Å². The molecule has 2 heterocycles. The minimum Gasteiger partial charge on any atom is -0.467 e. The minimum absolute atomic E-state index is 0.0755. The first-order valence-corrected chi connectivity index (χ1v) is 7.64. The summed E-state index contributed by atoms with van der Waals surface area (Å²) in [4.78, 5) is 14.6. The molecule has 0 radical (unpaired) electrons. The highest BCUT2D eigenvalue weighted by atomic mass is 16.7. The number of carbonyl (C=O) groups excluding carboxylic acids is 1. The maximum absolute atomic E-state index is 12.8. The van der Waals surface area contributed by atoms with Crippen LogP contribution in [0.4, 0.5) is 0 Å². The number of benzene rings is 1. The van der Waals surface area contributed by atoms with Gasteiger partial charge < -0.3 is 18.8 Å². The van der Waals surface area contributed by atoms with Gasteiger partial charge in [0.15, 0.2) is 11.5 Å². The molecule has 0 fully saturated rings. The van der Waals surface area contributed by atoms with Gasteiger partial charge in [0, 0.05) is 12.0 Å². The maximum atomic E-state index is 12.8. The number of nitrogens with zero attached hydrogens (tertiary/aromatic N) is 1. The summed E-state index contributed by atoms with van der Waals surface area (Å²) in [5, 5.41) is 0. The lowest BCUT2D eigenvalue weighted by Crippen LogP contribution is -2.38. The third-order valence-corrected chi connectivity index (χ3v) is 3.67. The zero-order chi connectivity index (χ0) is 16.4. The number of ether oxygens (including phenoxy) is 2. The molecule has 3 rings (SSSR count). The zero-order valence-corrected chi connectivity index (χ0v) is 13.7. The standard InChI is InChI=1S/C18H21NO4/c1-18(2,3)17(20)19(11-14-5-4-8-21-14)10-13-6-7-15-16(9-13)23-12-22-15/h4-9H,10-12H2,1-3H3. The highest BCUT2D eigenvalue weighted by Gasteiger charge is 2.28. The Hall–Kier alpha value is -2.43. The van der Waals surface area contributed by atoms with Gasteiger partial charge in [-0.2, -0.15) is 0 Å². The van der Waals surface area contributed by atoms with E-state index < -0.39 is 5.41 Å². The molecule has 122 valence electrons. The number of carbonyl (C=O) groups is 1. The zero-order valence-electron chi connectivity index (χ0n) is 13.7. The Bertz CT molecular complexity index is 686. The summed E-state index contributed by atoms with van der Waals surface area (Å²) < 4.78 is 16.1. The van der Waals surface area contributed by atoms with Gasteiger partial charge in [-0.05, 0) is 29.8 Å². The largest absolute Gasteiger partial charge is 0.467 e. The van der Waals surface area contributed by atoms with Gasteiger partial charge in [0.1, 0.15) is 5.76 Å². The number of fused-ring (bicyclic) bond motifs is 1. The number of hydrogen-bond acceptors (Lipinski definition) is 4. The molecular formula is C18H21NO4. The second kappa shape index (κ2) is 5.99. The fourth-order valence-electron chi connectivity index (χ4n) is 2.52. The average molecular weight is 315 g/mol. The lowest BCUT2D eigenvalue weighted by molar-refractivity contribution is -0.141. The molecule has 1 aliphatic rings. The van der Waals surface area contributed by atoms with E-state index in [1.807, 2.05) is 51.1 Å². The average Bonchev–Trinajstić information content (AvgIpc) is 3.15. The van der Waals surface area contributed by atoms with E-state index in [-0.39, 0.29) is 12.7 Å². The van der Waals surface area contributed by atoms with Crippen molar-refractivity contribution in [3.8, 4) is 11.5 Å². The quantitative estimate of drug-likeness (QED) is 0.865. The van der Waals surface area contributed by atoms with Crippen LogP contribution in [0.5, 0.6) is 11.5 Å². The highest BCUT2D eigenvalue weighted by Crippen LogP contribution is 2.33. The van der Waals surface area contributed by atoms with Crippen LogP contribution in [0.15, 0.2) is 41.0 Å². The smallest absolute Gasteiger partial charge is 0.231 e. The molecule has 23 heavy (non-hydrogen) atoms. The van der Waals surface area contributed by atoms with Crippen molar-refractivity contribution in [1.82, 2.24) is 4.90 Å². The Morgan fingerprint density at radius 3 is 2.61 bits per heavy atom. The van der Waals surface area contributed by atoms with E-state index >= 15 is 0 Å². The van der Waals surface area contributed by atoms with Crippen molar-refractivity contribution >= 4 is 5.91 Å². The van der Waals surface area contributed by atoms with Crippen molar-refractivity contribution in [2.45, 2.75) is 33.9 Å². The first kappa shape index (κ1) is 15.5. The van der Waals surface area contributed by atoms with Crippen molar-refractivity contribution < 1.29 is 18.7 Å². The molecule has 5 heteroatoms. The summed E-state index contributed by atoms with van der Waals surface area (Å²) in [6.45, 7) is 6.94. The molecule has 1 aromatic heterocycles. The van der Waals surface area contributed by atoms with Crippen LogP contribution in [0.2, 0.25) is 0 Å². The van der Waals surface area contributed by atoms with Crippen molar-refractivity contribution in [3.63, 3.8) is 0 Å². The summed E-state index contributed by atoms with van der Waals surface area (Å²) in [5.41, 5.74) is 0.543. The van der Waals surface area contributed by atoms with Crippen LogP contribution < -0.4 is 9.47 Å². The van der Waals surface area contributed by atoms with Crippen molar-refractivity contribution in [2.75, 3.05) is 6.79 Å². The van der Waals surface area contributed by atoms with E-state index in [4.69, 9.17) is 13.9 Å². The molecule has 0 spiro atoms. The van der Waals surface area contributed by atoms with Crippen molar-refractivity contribution in [2.24, 2.45) is 5.41 Å². The van der Waals surface area contributed by atoms with E-state index in [1.54, 1.807) is 11.2 Å². The molecule has 0 aliphatic carbocycles. The summed E-state index contributed by atoms with van der Waals surface area (Å²) in [6, 6.07) is 9.47. The van der Waals surface area contributed by atoms with Crippen LogP contribution in [-0.2, 0) is 17.9 Å². The lowest BCUT2D eigenvalue weighted by Gasteiger charge is -2.29. The van der Waals surface area contributed by atoms with E-state index in [2.05, 4.69) is 0 Å². The van der Waals surface area contributed by atoms with Crippen molar-refractivity contribution in [3.05, 3.63) is 47.9 Å². The lowest BCUT2D eigenvalue weighted by atomic mass is 9.94. The Morgan fingerprint density at radius 1 is 1.13 bits per heavy atom. The van der Waals surface area contributed by atoms with Crippen LogP contribution in [0.1, 0.15) is 32.1 Å². The molecule has 0 bridgehead atoms. The number of amides is 1. The molecule has 0 N–H and O–H groups in total. The summed E-state index contributed by atoms with van der Waals surface area (Å²) in [5.74, 6) is 2.31. The first-order chi connectivity index (χ1) is 10.9. The predicted octanol–water partition coefficient (Wildman–Crippen LogP) is 3.58. The highest BCUT2D eigenvalue weighted by molar-refractivity contribution is 5.81. The van der Waals surface area contributed by atoms with E-state index in [1.165, 1.54) is 0 Å². The Labute approximate surface area is 135 Å². The SMILES string of the molecule is CC(C)(C)C(=O)N(Cc1ccc2c(c1)OCO2)Cc1ccco1. The van der Waals surface area contributed by atoms with Crippen LogP contribution >= 0.6 is 0 Å². The van der Waals surface area contributed by atoms with E-state index in [9.17, 15) is 4.79 Å². The summed E-state index contributed by atoms with van der Waals surface area (Å²) in [6.07, 6.45) is 1.62. The van der Waals surface area contributed by atoms with Gasteiger partial charge in [0.05, 0.1) is 12.8 Å². The molecule has 1 aromatic carbocycles. The molecule has 5 nitrogen and oxygen atoms in total. The normalized spacial score (nSPS) is 13.2. The Morgan fingerprint density at radius 2 is 1.91 bits per heavy atom. The second-order valence-corrected chi connectivity index (χ2v) is 6.68. The molecule has 1 amide bonds. The minimum atomic E-state index is -0.455. The molecule has 2 aromatic rings. The van der Waals surface area contributed by atoms with Crippen molar-refractivity contribution in [1.29, 1.82) is 0 Å². The maximum Gasteiger partial charge on any atom is 0.231 e. The topological polar surface area (TPSA) is 51.9 Å². The molecule has 0 saturated heterocycles. The van der Waals surface area contributed by atoms with Crippen LogP contribution in [-0.4, -0.2) is 17.6 Å². The predicted molar refractivity (Wildman–Crippen MR) is 85.0 cm³/mol. The fourth-order valence-corrected chi connectivity index (χ4v) is 2.52. The van der Waals surface area contributed by atoms with Gasteiger partial charge >= 0.3 is 0 Å². The van der Waals surface area contributed by atoms with E-state index in [0.29, 0.717) is 13.1 Å². The summed E-state index contributed by atoms with van der Waals surface area (Å²) in [7, 11) is 0. The number of hydrogen-bond donors (Lipinski definition) is 0. The van der Waals surface area contributed by atoms with Gasteiger partial charge in [-0.25, -0.2) is 0 Å². The van der Waals surface area contributed by atoms with Crippen LogP contribution in [0, 0.1) is 5.41 Å². The van der Waals surface area contributed by atoms with Gasteiger partial charge in [-0.3, -0.25) is 4.79 Å². The molecule has 0 saturated carbocycles. The second-order valence-electron chi connectivity index (χ2n) is 6.68. The number of rotatable bonds is 4. The monoisotopic (exact) mass is 315 g/mol. The third-order valence-electron chi connectivity index (χ3n) is 3.67. The Kier molecular flexibility index (Phi) is 4.03.